The molecule has 4 heteroatoms. The Morgan fingerprint density at radius 3 is 2.93 bits per heavy atom. The molecular weight excluding hydrogens is 190 g/mol. The Morgan fingerprint density at radius 1 is 1.47 bits per heavy atom. The number of nitrogens with two attached hydrogens (primary N) is 1. The van der Waals surface area contributed by atoms with Gasteiger partial charge in [0.1, 0.15) is 0 Å². The lowest BCUT2D eigenvalue weighted by atomic mass is 9.99. The summed E-state index contributed by atoms with van der Waals surface area (Å²) in [5.41, 5.74) is 5.98. The lowest BCUT2D eigenvalue weighted by Crippen LogP contribution is -2.29. The highest BCUT2D eigenvalue weighted by molar-refractivity contribution is 5.33. The SMILES string of the molecule is Cc1cnccc1C(NN)c1ccoc1. The van der Waals surface area contributed by atoms with E-state index in [1.54, 1.807) is 18.7 Å². The number of aryl methyl sites for hydroxylation is 1. The molecule has 4 nitrogen and oxygen atoms in total. The molecule has 0 saturated carbocycles. The second-order valence-corrected chi connectivity index (χ2v) is 3.39. The van der Waals surface area contributed by atoms with Crippen LogP contribution in [-0.2, 0) is 0 Å². The van der Waals surface area contributed by atoms with Crippen molar-refractivity contribution >= 4 is 0 Å². The quantitative estimate of drug-likeness (QED) is 0.586. The van der Waals surface area contributed by atoms with Gasteiger partial charge in [0, 0.05) is 18.0 Å². The number of hydrogen-bond acceptors (Lipinski definition) is 4. The third-order valence-electron chi connectivity index (χ3n) is 2.42. The number of hydrazine groups is 1. The van der Waals surface area contributed by atoms with Crippen LogP contribution < -0.4 is 11.3 Å². The second-order valence-electron chi connectivity index (χ2n) is 3.39. The van der Waals surface area contributed by atoms with Crippen molar-refractivity contribution in [1.82, 2.24) is 10.4 Å². The Hall–Kier alpha value is -1.65. The fourth-order valence-electron chi connectivity index (χ4n) is 1.61. The second kappa shape index (κ2) is 4.25. The number of pyridine rings is 1. The molecule has 0 aromatic carbocycles. The van der Waals surface area contributed by atoms with Gasteiger partial charge in [0.2, 0.25) is 0 Å². The van der Waals surface area contributed by atoms with E-state index >= 15 is 0 Å². The van der Waals surface area contributed by atoms with Gasteiger partial charge in [0.05, 0.1) is 18.6 Å². The Bertz CT molecular complexity index is 425. The Balaban J connectivity index is 2.40. The van der Waals surface area contributed by atoms with Crippen LogP contribution in [0.3, 0.4) is 0 Å². The lowest BCUT2D eigenvalue weighted by molar-refractivity contribution is 0.553. The molecule has 0 aliphatic carbocycles. The summed E-state index contributed by atoms with van der Waals surface area (Å²) in [6, 6.07) is 3.80. The van der Waals surface area contributed by atoms with Crippen LogP contribution in [0.25, 0.3) is 0 Å². The summed E-state index contributed by atoms with van der Waals surface area (Å²) >= 11 is 0. The van der Waals surface area contributed by atoms with E-state index in [1.807, 2.05) is 25.3 Å². The lowest BCUT2D eigenvalue weighted by Gasteiger charge is -2.16. The molecule has 2 rings (SSSR count). The largest absolute Gasteiger partial charge is 0.472 e. The minimum absolute atomic E-state index is 0.0493. The van der Waals surface area contributed by atoms with Crippen LogP contribution in [-0.4, -0.2) is 4.98 Å². The van der Waals surface area contributed by atoms with Gasteiger partial charge in [0.25, 0.3) is 0 Å². The average molecular weight is 203 g/mol. The molecule has 0 aliphatic heterocycles. The first-order chi connectivity index (χ1) is 7.33. The summed E-state index contributed by atoms with van der Waals surface area (Å²) in [5, 5.41) is 0. The normalized spacial score (nSPS) is 12.7. The van der Waals surface area contributed by atoms with Crippen LogP contribution in [0.1, 0.15) is 22.7 Å². The van der Waals surface area contributed by atoms with Crippen molar-refractivity contribution in [3.05, 3.63) is 53.7 Å². The maximum Gasteiger partial charge on any atom is 0.0954 e. The molecule has 78 valence electrons. The van der Waals surface area contributed by atoms with Crippen molar-refractivity contribution in [3.8, 4) is 0 Å². The van der Waals surface area contributed by atoms with Crippen LogP contribution in [0.2, 0.25) is 0 Å². The Labute approximate surface area is 88.1 Å². The van der Waals surface area contributed by atoms with Crippen molar-refractivity contribution in [2.45, 2.75) is 13.0 Å². The maximum absolute atomic E-state index is 5.55. The molecule has 2 aromatic heterocycles. The van der Waals surface area contributed by atoms with E-state index < -0.39 is 0 Å². The predicted molar refractivity (Wildman–Crippen MR) is 56.8 cm³/mol. The molecule has 3 N–H and O–H groups in total. The summed E-state index contributed by atoms with van der Waals surface area (Å²) in [6.45, 7) is 2.01. The van der Waals surface area contributed by atoms with E-state index in [1.165, 1.54) is 0 Å². The highest BCUT2D eigenvalue weighted by atomic mass is 16.3. The van der Waals surface area contributed by atoms with E-state index in [-0.39, 0.29) is 6.04 Å². The van der Waals surface area contributed by atoms with Gasteiger partial charge in [-0.25, -0.2) is 5.43 Å². The van der Waals surface area contributed by atoms with E-state index in [4.69, 9.17) is 10.3 Å². The summed E-state index contributed by atoms with van der Waals surface area (Å²) in [6.07, 6.45) is 6.90. The summed E-state index contributed by atoms with van der Waals surface area (Å²) in [7, 11) is 0. The minimum atomic E-state index is -0.0493. The number of furan rings is 1. The standard InChI is InChI=1S/C11H13N3O/c1-8-6-13-4-2-10(8)11(14-12)9-3-5-15-7-9/h2-7,11,14H,12H2,1H3. The molecule has 0 spiro atoms. The number of nitrogens with one attached hydrogen (secondary N) is 1. The average Bonchev–Trinajstić information content (AvgIpc) is 2.75. The van der Waals surface area contributed by atoms with Gasteiger partial charge in [0.15, 0.2) is 0 Å². The first-order valence-electron chi connectivity index (χ1n) is 4.71. The van der Waals surface area contributed by atoms with E-state index in [9.17, 15) is 0 Å². The van der Waals surface area contributed by atoms with Crippen LogP contribution in [0.4, 0.5) is 0 Å². The van der Waals surface area contributed by atoms with Crippen LogP contribution in [0.5, 0.6) is 0 Å². The molecule has 0 amide bonds. The molecule has 1 atom stereocenters. The number of nitrogens with zero attached hydrogens (tertiary/aromatic N) is 1. The fourth-order valence-corrected chi connectivity index (χ4v) is 1.61. The van der Waals surface area contributed by atoms with Crippen molar-refractivity contribution < 1.29 is 4.42 Å². The molecule has 0 radical (unpaired) electrons. The minimum Gasteiger partial charge on any atom is -0.472 e. The molecule has 0 fully saturated rings. The third-order valence-corrected chi connectivity index (χ3v) is 2.42. The summed E-state index contributed by atoms with van der Waals surface area (Å²) in [4.78, 5) is 4.05. The number of hydrogen-bond donors (Lipinski definition) is 2. The summed E-state index contributed by atoms with van der Waals surface area (Å²) < 4.78 is 5.05. The number of rotatable bonds is 3. The molecular formula is C11H13N3O. The molecule has 2 aromatic rings. The van der Waals surface area contributed by atoms with Gasteiger partial charge in [-0.3, -0.25) is 10.8 Å². The fraction of sp³-hybridized carbons (Fsp3) is 0.182. The van der Waals surface area contributed by atoms with Gasteiger partial charge in [-0.15, -0.1) is 0 Å². The van der Waals surface area contributed by atoms with Crippen molar-refractivity contribution in [1.29, 1.82) is 0 Å². The van der Waals surface area contributed by atoms with Gasteiger partial charge >= 0.3 is 0 Å². The molecule has 0 saturated heterocycles. The van der Waals surface area contributed by atoms with E-state index in [2.05, 4.69) is 10.4 Å². The predicted octanol–water partition coefficient (Wildman–Crippen LogP) is 1.54. The van der Waals surface area contributed by atoms with Gasteiger partial charge < -0.3 is 4.42 Å². The molecule has 0 bridgehead atoms. The van der Waals surface area contributed by atoms with E-state index in [0.29, 0.717) is 0 Å². The topological polar surface area (TPSA) is 64.1 Å². The highest BCUT2D eigenvalue weighted by Crippen LogP contribution is 2.23. The zero-order valence-electron chi connectivity index (χ0n) is 8.47. The van der Waals surface area contributed by atoms with Crippen LogP contribution in [0.15, 0.2) is 41.5 Å². The first-order valence-corrected chi connectivity index (χ1v) is 4.71. The highest BCUT2D eigenvalue weighted by Gasteiger charge is 2.15. The van der Waals surface area contributed by atoms with Gasteiger partial charge in [-0.05, 0) is 30.2 Å². The van der Waals surface area contributed by atoms with Gasteiger partial charge in [-0.1, -0.05) is 0 Å². The van der Waals surface area contributed by atoms with Crippen LogP contribution >= 0.6 is 0 Å². The maximum atomic E-state index is 5.55. The van der Waals surface area contributed by atoms with E-state index in [0.717, 1.165) is 16.7 Å². The molecule has 0 aliphatic rings. The smallest absolute Gasteiger partial charge is 0.0954 e. The third kappa shape index (κ3) is 1.91. The van der Waals surface area contributed by atoms with Gasteiger partial charge in [-0.2, -0.15) is 0 Å². The zero-order chi connectivity index (χ0) is 10.7. The Kier molecular flexibility index (Phi) is 2.80. The first kappa shape index (κ1) is 9.89. The molecule has 2 heterocycles. The number of aromatic nitrogens is 1. The zero-order valence-corrected chi connectivity index (χ0v) is 8.47. The van der Waals surface area contributed by atoms with Crippen LogP contribution in [0, 0.1) is 6.92 Å². The summed E-state index contributed by atoms with van der Waals surface area (Å²) in [5.74, 6) is 5.55. The van der Waals surface area contributed by atoms with Crippen molar-refractivity contribution in [2.24, 2.45) is 5.84 Å². The van der Waals surface area contributed by atoms with Crippen molar-refractivity contribution in [2.75, 3.05) is 0 Å². The Morgan fingerprint density at radius 2 is 2.33 bits per heavy atom. The molecule has 15 heavy (non-hydrogen) atoms. The van der Waals surface area contributed by atoms with Crippen molar-refractivity contribution in [3.63, 3.8) is 0 Å². The monoisotopic (exact) mass is 203 g/mol. The molecule has 1 unspecified atom stereocenters.